The molecule has 0 aromatic carbocycles. The number of rotatable bonds is 2. The number of fused-ring (bicyclic) bond motifs is 1. The summed E-state index contributed by atoms with van der Waals surface area (Å²) in [5, 5.41) is 9.60. The Labute approximate surface area is 123 Å². The number of carboxylic acids is 1. The summed E-state index contributed by atoms with van der Waals surface area (Å²) in [6, 6.07) is 0. The first-order chi connectivity index (χ1) is 10.0. The molecule has 3 aliphatic rings. The average Bonchev–Trinajstić information content (AvgIpc) is 2.87. The third-order valence-electron chi connectivity index (χ3n) is 5.40. The molecule has 4 atom stereocenters. The zero-order valence-electron chi connectivity index (χ0n) is 12.1. The number of amides is 1. The van der Waals surface area contributed by atoms with Crippen molar-refractivity contribution in [2.24, 2.45) is 17.3 Å². The molecule has 6 heteroatoms. The van der Waals surface area contributed by atoms with Gasteiger partial charge in [-0.15, -0.1) is 0 Å². The minimum Gasteiger partial charge on any atom is -0.481 e. The van der Waals surface area contributed by atoms with E-state index in [0.29, 0.717) is 32.6 Å². The summed E-state index contributed by atoms with van der Waals surface area (Å²) in [6.45, 7) is 1.51. The summed E-state index contributed by atoms with van der Waals surface area (Å²) in [7, 11) is 0. The summed E-state index contributed by atoms with van der Waals surface area (Å²) in [4.78, 5) is 25.9. The first-order valence-corrected chi connectivity index (χ1v) is 7.77. The highest BCUT2D eigenvalue weighted by Crippen LogP contribution is 2.43. The monoisotopic (exact) mass is 299 g/mol. The van der Waals surface area contributed by atoms with E-state index in [1.165, 1.54) is 0 Å². The van der Waals surface area contributed by atoms with Gasteiger partial charge in [0.2, 0.25) is 5.91 Å². The highest BCUT2D eigenvalue weighted by Gasteiger charge is 2.55. The van der Waals surface area contributed by atoms with Crippen LogP contribution >= 0.6 is 0 Å². The van der Waals surface area contributed by atoms with Gasteiger partial charge in [0.25, 0.3) is 0 Å². The van der Waals surface area contributed by atoms with Gasteiger partial charge in [-0.2, -0.15) is 0 Å². The SMILES string of the molecule is O=C(C1CCCC(F)C1)N1C[C@H]2COCC[C@@]2(C(=O)O)C1. The van der Waals surface area contributed by atoms with Gasteiger partial charge in [-0.25, -0.2) is 4.39 Å². The lowest BCUT2D eigenvalue weighted by molar-refractivity contribution is -0.157. The van der Waals surface area contributed by atoms with Crippen LogP contribution in [0, 0.1) is 17.3 Å². The third kappa shape index (κ3) is 2.54. The first kappa shape index (κ1) is 14.8. The number of likely N-dealkylation sites (tertiary alicyclic amines) is 1. The minimum absolute atomic E-state index is 0.0626. The Bertz CT molecular complexity index is 443. The van der Waals surface area contributed by atoms with Crippen LogP contribution in [-0.4, -0.2) is 54.4 Å². The molecule has 0 spiro atoms. The van der Waals surface area contributed by atoms with Gasteiger partial charge >= 0.3 is 5.97 Å². The fraction of sp³-hybridized carbons (Fsp3) is 0.867. The number of carbonyl (C=O) groups excluding carboxylic acids is 1. The third-order valence-corrected chi connectivity index (χ3v) is 5.40. The number of carbonyl (C=O) groups is 2. The van der Waals surface area contributed by atoms with E-state index in [9.17, 15) is 19.1 Å². The molecule has 2 heterocycles. The lowest BCUT2D eigenvalue weighted by Gasteiger charge is -2.34. The second-order valence-electron chi connectivity index (χ2n) is 6.66. The Balaban J connectivity index is 1.72. The molecule has 3 fully saturated rings. The van der Waals surface area contributed by atoms with Crippen LogP contribution in [-0.2, 0) is 14.3 Å². The molecule has 0 aromatic rings. The molecule has 2 unspecified atom stereocenters. The van der Waals surface area contributed by atoms with E-state index in [4.69, 9.17) is 4.74 Å². The molecular formula is C15H22FNO4. The predicted octanol–water partition coefficient (Wildman–Crippen LogP) is 1.46. The zero-order chi connectivity index (χ0) is 15.0. The maximum atomic E-state index is 13.5. The van der Waals surface area contributed by atoms with Crippen molar-refractivity contribution < 1.29 is 23.8 Å². The molecular weight excluding hydrogens is 277 g/mol. The van der Waals surface area contributed by atoms with Gasteiger partial charge in [-0.1, -0.05) is 0 Å². The van der Waals surface area contributed by atoms with E-state index in [2.05, 4.69) is 0 Å². The van der Waals surface area contributed by atoms with Crippen molar-refractivity contribution in [1.29, 1.82) is 0 Å². The molecule has 21 heavy (non-hydrogen) atoms. The number of carboxylic acid groups (broad SMARTS) is 1. The van der Waals surface area contributed by atoms with E-state index in [1.54, 1.807) is 4.90 Å². The van der Waals surface area contributed by atoms with Crippen LogP contribution in [0.3, 0.4) is 0 Å². The lowest BCUT2D eigenvalue weighted by atomic mass is 9.74. The largest absolute Gasteiger partial charge is 0.481 e. The molecule has 5 nitrogen and oxygen atoms in total. The second-order valence-corrected chi connectivity index (χ2v) is 6.66. The topological polar surface area (TPSA) is 66.8 Å². The van der Waals surface area contributed by atoms with Crippen LogP contribution in [0.2, 0.25) is 0 Å². The fourth-order valence-corrected chi connectivity index (χ4v) is 4.08. The number of alkyl halides is 1. The van der Waals surface area contributed by atoms with Crippen LogP contribution in [0.25, 0.3) is 0 Å². The number of nitrogens with zero attached hydrogens (tertiary/aromatic N) is 1. The molecule has 1 saturated carbocycles. The van der Waals surface area contributed by atoms with Gasteiger partial charge in [0.05, 0.1) is 12.0 Å². The van der Waals surface area contributed by atoms with E-state index in [0.717, 1.165) is 12.8 Å². The summed E-state index contributed by atoms with van der Waals surface area (Å²) >= 11 is 0. The molecule has 1 N–H and O–H groups in total. The number of halogens is 1. The van der Waals surface area contributed by atoms with Gasteiger partial charge in [0.1, 0.15) is 6.17 Å². The molecule has 1 amide bonds. The normalized spacial score (nSPS) is 39.9. The summed E-state index contributed by atoms with van der Waals surface area (Å²) < 4.78 is 18.9. The van der Waals surface area contributed by atoms with Gasteiger partial charge in [-0.3, -0.25) is 9.59 Å². The van der Waals surface area contributed by atoms with Crippen molar-refractivity contribution in [3.63, 3.8) is 0 Å². The molecule has 118 valence electrons. The van der Waals surface area contributed by atoms with Crippen molar-refractivity contribution in [2.45, 2.75) is 38.3 Å². The van der Waals surface area contributed by atoms with E-state index in [1.807, 2.05) is 0 Å². The Hall–Kier alpha value is -1.17. The standard InChI is InChI=1S/C15H22FNO4/c16-12-3-1-2-10(6-12)13(18)17-7-11-8-21-5-4-15(11,9-17)14(19)20/h10-12H,1-9H2,(H,19,20)/t10?,11-,12?,15+/m0/s1. The summed E-state index contributed by atoms with van der Waals surface area (Å²) in [5.74, 6) is -1.32. The Morgan fingerprint density at radius 3 is 2.81 bits per heavy atom. The van der Waals surface area contributed by atoms with Crippen molar-refractivity contribution in [1.82, 2.24) is 4.90 Å². The fourth-order valence-electron chi connectivity index (χ4n) is 4.08. The van der Waals surface area contributed by atoms with Gasteiger partial charge < -0.3 is 14.7 Å². The molecule has 0 bridgehead atoms. The highest BCUT2D eigenvalue weighted by atomic mass is 19.1. The highest BCUT2D eigenvalue weighted by molar-refractivity contribution is 5.82. The maximum absolute atomic E-state index is 13.5. The van der Waals surface area contributed by atoms with E-state index >= 15 is 0 Å². The Kier molecular flexibility index (Phi) is 3.90. The molecule has 0 radical (unpaired) electrons. The van der Waals surface area contributed by atoms with Gasteiger partial charge in [0.15, 0.2) is 0 Å². The Morgan fingerprint density at radius 2 is 2.14 bits per heavy atom. The molecule has 2 aliphatic heterocycles. The molecule has 2 saturated heterocycles. The number of hydrogen-bond acceptors (Lipinski definition) is 3. The zero-order valence-corrected chi connectivity index (χ0v) is 12.1. The van der Waals surface area contributed by atoms with Crippen LogP contribution in [0.4, 0.5) is 4.39 Å². The predicted molar refractivity (Wildman–Crippen MR) is 72.4 cm³/mol. The smallest absolute Gasteiger partial charge is 0.311 e. The quantitative estimate of drug-likeness (QED) is 0.838. The number of aliphatic carboxylic acids is 1. The number of hydrogen-bond donors (Lipinski definition) is 1. The van der Waals surface area contributed by atoms with Gasteiger partial charge in [-0.05, 0) is 32.1 Å². The summed E-state index contributed by atoms with van der Waals surface area (Å²) in [5.41, 5.74) is -0.863. The first-order valence-electron chi connectivity index (χ1n) is 7.77. The van der Waals surface area contributed by atoms with Crippen molar-refractivity contribution in [2.75, 3.05) is 26.3 Å². The molecule has 0 aromatic heterocycles. The minimum atomic E-state index is -0.894. The van der Waals surface area contributed by atoms with Crippen molar-refractivity contribution in [3.05, 3.63) is 0 Å². The average molecular weight is 299 g/mol. The van der Waals surface area contributed by atoms with Crippen molar-refractivity contribution >= 4 is 11.9 Å². The lowest BCUT2D eigenvalue weighted by Crippen LogP contribution is -2.45. The number of ether oxygens (including phenoxy) is 1. The summed E-state index contributed by atoms with van der Waals surface area (Å²) in [6.07, 6.45) is 1.84. The van der Waals surface area contributed by atoms with Crippen LogP contribution in [0.1, 0.15) is 32.1 Å². The maximum Gasteiger partial charge on any atom is 0.311 e. The van der Waals surface area contributed by atoms with Crippen molar-refractivity contribution in [3.8, 4) is 0 Å². The van der Waals surface area contributed by atoms with Gasteiger partial charge in [0, 0.05) is 31.5 Å². The van der Waals surface area contributed by atoms with Crippen LogP contribution < -0.4 is 0 Å². The Morgan fingerprint density at radius 1 is 1.33 bits per heavy atom. The van der Waals surface area contributed by atoms with E-state index in [-0.39, 0.29) is 30.7 Å². The molecule has 3 rings (SSSR count). The molecule has 1 aliphatic carbocycles. The van der Waals surface area contributed by atoms with Crippen LogP contribution in [0.15, 0.2) is 0 Å². The second kappa shape index (κ2) is 5.55. The van der Waals surface area contributed by atoms with E-state index < -0.39 is 17.6 Å². The van der Waals surface area contributed by atoms with Crippen LogP contribution in [0.5, 0.6) is 0 Å².